The average Bonchev–Trinajstić information content (AvgIpc) is 2.18. The SMILES string of the molecule is NC1(C(=O)Cc2ccc(F)cc2Cl)CCC1. The third-order valence-electron chi connectivity index (χ3n) is 3.17. The van der Waals surface area contributed by atoms with Crippen LogP contribution in [0, 0.1) is 5.82 Å². The topological polar surface area (TPSA) is 43.1 Å². The molecule has 0 unspecified atom stereocenters. The van der Waals surface area contributed by atoms with Crippen LogP contribution < -0.4 is 5.73 Å². The van der Waals surface area contributed by atoms with Gasteiger partial charge in [0.15, 0.2) is 5.78 Å². The quantitative estimate of drug-likeness (QED) is 0.884. The first kappa shape index (κ1) is 11.6. The normalized spacial score (nSPS) is 17.9. The fraction of sp³-hybridized carbons (Fsp3) is 0.417. The van der Waals surface area contributed by atoms with E-state index in [1.54, 1.807) is 0 Å². The van der Waals surface area contributed by atoms with Gasteiger partial charge in [-0.2, -0.15) is 0 Å². The summed E-state index contributed by atoms with van der Waals surface area (Å²) < 4.78 is 12.8. The van der Waals surface area contributed by atoms with Gasteiger partial charge >= 0.3 is 0 Å². The molecule has 86 valence electrons. The van der Waals surface area contributed by atoms with E-state index >= 15 is 0 Å². The number of carbonyl (C=O) groups is 1. The first-order valence-electron chi connectivity index (χ1n) is 5.27. The summed E-state index contributed by atoms with van der Waals surface area (Å²) in [5.74, 6) is -0.403. The summed E-state index contributed by atoms with van der Waals surface area (Å²) >= 11 is 5.85. The van der Waals surface area contributed by atoms with E-state index in [9.17, 15) is 9.18 Å². The van der Waals surface area contributed by atoms with E-state index in [2.05, 4.69) is 0 Å². The largest absolute Gasteiger partial charge is 0.319 e. The smallest absolute Gasteiger partial charge is 0.157 e. The second-order valence-corrected chi connectivity index (χ2v) is 4.75. The third-order valence-corrected chi connectivity index (χ3v) is 3.52. The molecule has 0 atom stereocenters. The predicted molar refractivity (Wildman–Crippen MR) is 60.9 cm³/mol. The molecule has 16 heavy (non-hydrogen) atoms. The first-order chi connectivity index (χ1) is 7.51. The van der Waals surface area contributed by atoms with Gasteiger partial charge in [-0.15, -0.1) is 0 Å². The van der Waals surface area contributed by atoms with Crippen LogP contribution in [0.1, 0.15) is 24.8 Å². The average molecular weight is 242 g/mol. The summed E-state index contributed by atoms with van der Waals surface area (Å²) in [6, 6.07) is 4.06. The number of nitrogens with two attached hydrogens (primary N) is 1. The van der Waals surface area contributed by atoms with E-state index in [0.717, 1.165) is 19.3 Å². The highest BCUT2D eigenvalue weighted by atomic mass is 35.5. The van der Waals surface area contributed by atoms with Gasteiger partial charge < -0.3 is 5.73 Å². The molecule has 0 saturated heterocycles. The van der Waals surface area contributed by atoms with Crippen molar-refractivity contribution in [3.8, 4) is 0 Å². The van der Waals surface area contributed by atoms with Gasteiger partial charge in [-0.25, -0.2) is 4.39 Å². The van der Waals surface area contributed by atoms with Crippen molar-refractivity contribution in [2.45, 2.75) is 31.2 Å². The molecular formula is C12H13ClFNO. The molecule has 0 amide bonds. The minimum atomic E-state index is -0.669. The van der Waals surface area contributed by atoms with Crippen LogP contribution in [-0.4, -0.2) is 11.3 Å². The van der Waals surface area contributed by atoms with Crippen molar-refractivity contribution in [3.05, 3.63) is 34.6 Å². The van der Waals surface area contributed by atoms with Crippen molar-refractivity contribution < 1.29 is 9.18 Å². The Kier molecular flexibility index (Phi) is 3.00. The summed E-state index contributed by atoms with van der Waals surface area (Å²) in [7, 11) is 0. The Morgan fingerprint density at radius 3 is 2.69 bits per heavy atom. The van der Waals surface area contributed by atoms with E-state index in [4.69, 9.17) is 17.3 Å². The number of Topliss-reactive ketones (excluding diaryl/α,β-unsaturated/α-hetero) is 1. The molecule has 2 nitrogen and oxygen atoms in total. The molecule has 0 radical (unpaired) electrons. The van der Waals surface area contributed by atoms with E-state index in [-0.39, 0.29) is 17.2 Å². The predicted octanol–water partition coefficient (Wildman–Crippen LogP) is 2.47. The molecule has 0 bridgehead atoms. The lowest BCUT2D eigenvalue weighted by Gasteiger charge is -2.36. The number of halogens is 2. The van der Waals surface area contributed by atoms with Crippen molar-refractivity contribution in [2.24, 2.45) is 5.73 Å². The lowest BCUT2D eigenvalue weighted by atomic mass is 9.73. The summed E-state index contributed by atoms with van der Waals surface area (Å²) in [5.41, 5.74) is 5.88. The molecule has 1 fully saturated rings. The Balaban J connectivity index is 2.12. The van der Waals surface area contributed by atoms with Gasteiger partial charge in [-0.3, -0.25) is 4.79 Å². The fourth-order valence-corrected chi connectivity index (χ4v) is 2.08. The van der Waals surface area contributed by atoms with Crippen molar-refractivity contribution in [1.82, 2.24) is 0 Å². The van der Waals surface area contributed by atoms with Crippen LogP contribution in [0.15, 0.2) is 18.2 Å². The number of carbonyl (C=O) groups excluding carboxylic acids is 1. The second-order valence-electron chi connectivity index (χ2n) is 4.35. The Labute approximate surface area is 98.6 Å². The van der Waals surface area contributed by atoms with Crippen LogP contribution in [0.3, 0.4) is 0 Å². The fourth-order valence-electron chi connectivity index (χ4n) is 1.85. The lowest BCUT2D eigenvalue weighted by Crippen LogP contribution is -2.54. The summed E-state index contributed by atoms with van der Waals surface area (Å²) in [6.07, 6.45) is 2.67. The van der Waals surface area contributed by atoms with Gasteiger partial charge in [-0.1, -0.05) is 17.7 Å². The van der Waals surface area contributed by atoms with Gasteiger partial charge in [0.05, 0.1) is 5.54 Å². The minimum absolute atomic E-state index is 0.00717. The molecule has 1 aromatic carbocycles. The zero-order chi connectivity index (χ0) is 11.8. The van der Waals surface area contributed by atoms with Crippen molar-refractivity contribution >= 4 is 17.4 Å². The van der Waals surface area contributed by atoms with Gasteiger partial charge in [0.1, 0.15) is 5.82 Å². The molecule has 2 rings (SSSR count). The Morgan fingerprint density at radius 1 is 1.50 bits per heavy atom. The van der Waals surface area contributed by atoms with Gasteiger partial charge in [0.2, 0.25) is 0 Å². The van der Waals surface area contributed by atoms with Gasteiger partial charge in [-0.05, 0) is 37.0 Å². The lowest BCUT2D eigenvalue weighted by molar-refractivity contribution is -0.126. The molecule has 2 N–H and O–H groups in total. The van der Waals surface area contributed by atoms with Crippen LogP contribution in [-0.2, 0) is 11.2 Å². The maximum atomic E-state index is 12.8. The third kappa shape index (κ3) is 2.11. The number of benzene rings is 1. The standard InChI is InChI=1S/C12H13ClFNO/c13-10-7-9(14)3-2-8(10)6-11(16)12(15)4-1-5-12/h2-3,7H,1,4-6,15H2. The first-order valence-corrected chi connectivity index (χ1v) is 5.65. The highest BCUT2D eigenvalue weighted by Crippen LogP contribution is 2.31. The van der Waals surface area contributed by atoms with E-state index in [1.165, 1.54) is 18.2 Å². The highest BCUT2D eigenvalue weighted by Gasteiger charge is 2.39. The number of hydrogen-bond donors (Lipinski definition) is 1. The van der Waals surface area contributed by atoms with E-state index in [1.807, 2.05) is 0 Å². The molecule has 4 heteroatoms. The molecule has 0 heterocycles. The summed E-state index contributed by atoms with van der Waals surface area (Å²) in [5, 5.41) is 0.288. The summed E-state index contributed by atoms with van der Waals surface area (Å²) in [4.78, 5) is 11.9. The number of hydrogen-bond acceptors (Lipinski definition) is 2. The van der Waals surface area contributed by atoms with E-state index in [0.29, 0.717) is 5.56 Å². The molecule has 0 spiro atoms. The summed E-state index contributed by atoms with van der Waals surface area (Å²) in [6.45, 7) is 0. The van der Waals surface area contributed by atoms with E-state index < -0.39 is 11.4 Å². The monoisotopic (exact) mass is 241 g/mol. The van der Waals surface area contributed by atoms with Gasteiger partial charge in [0, 0.05) is 11.4 Å². The highest BCUT2D eigenvalue weighted by molar-refractivity contribution is 6.31. The zero-order valence-corrected chi connectivity index (χ0v) is 9.56. The zero-order valence-electron chi connectivity index (χ0n) is 8.80. The Hall–Kier alpha value is -0.930. The van der Waals surface area contributed by atoms with Crippen LogP contribution in [0.25, 0.3) is 0 Å². The number of ketones is 1. The molecule has 1 saturated carbocycles. The van der Waals surface area contributed by atoms with Crippen LogP contribution >= 0.6 is 11.6 Å². The van der Waals surface area contributed by atoms with Gasteiger partial charge in [0.25, 0.3) is 0 Å². The maximum Gasteiger partial charge on any atom is 0.157 e. The molecule has 0 aliphatic heterocycles. The number of rotatable bonds is 3. The molecule has 1 aliphatic rings. The second kappa shape index (κ2) is 4.15. The van der Waals surface area contributed by atoms with Crippen LogP contribution in [0.2, 0.25) is 5.02 Å². The van der Waals surface area contributed by atoms with Crippen LogP contribution in [0.5, 0.6) is 0 Å². The van der Waals surface area contributed by atoms with Crippen molar-refractivity contribution in [1.29, 1.82) is 0 Å². The Morgan fingerprint density at radius 2 is 2.19 bits per heavy atom. The molecule has 0 aromatic heterocycles. The van der Waals surface area contributed by atoms with Crippen molar-refractivity contribution in [3.63, 3.8) is 0 Å². The maximum absolute atomic E-state index is 12.8. The molecular weight excluding hydrogens is 229 g/mol. The Bertz CT molecular complexity index is 429. The van der Waals surface area contributed by atoms with Crippen molar-refractivity contribution in [2.75, 3.05) is 0 Å². The minimum Gasteiger partial charge on any atom is -0.319 e. The molecule has 1 aromatic rings. The van der Waals surface area contributed by atoms with Crippen LogP contribution in [0.4, 0.5) is 4.39 Å². The molecule has 1 aliphatic carbocycles.